The van der Waals surface area contributed by atoms with Gasteiger partial charge in [0, 0.05) is 32.6 Å². The Morgan fingerprint density at radius 2 is 1.23 bits per heavy atom. The highest BCUT2D eigenvalue weighted by molar-refractivity contribution is 7.88. The van der Waals surface area contributed by atoms with Gasteiger partial charge in [0.1, 0.15) is 22.5 Å². The lowest BCUT2D eigenvalue weighted by atomic mass is 9.97. The summed E-state index contributed by atoms with van der Waals surface area (Å²) in [4.78, 5) is 25.1. The van der Waals surface area contributed by atoms with E-state index in [1.807, 2.05) is 9.44 Å². The number of nitrogens with two attached hydrogens (primary N) is 1. The van der Waals surface area contributed by atoms with E-state index in [-0.39, 0.29) is 38.3 Å². The van der Waals surface area contributed by atoms with E-state index < -0.39 is 61.7 Å². The number of amides is 2. The molecule has 0 aromatic carbocycles. The maximum Gasteiger partial charge on any atom is 0.422 e. The van der Waals surface area contributed by atoms with Crippen LogP contribution in [-0.4, -0.2) is 82.6 Å². The minimum absolute atomic E-state index is 0. The van der Waals surface area contributed by atoms with Gasteiger partial charge in [0.15, 0.2) is 0 Å². The molecule has 18 heteroatoms. The average Bonchev–Trinajstić information content (AvgIpc) is 3.12. The zero-order chi connectivity index (χ0) is 32.5. The molecule has 0 aromatic rings. The molecule has 1 saturated heterocycles. The minimum atomic E-state index is -4.28. The van der Waals surface area contributed by atoms with Gasteiger partial charge in [-0.1, -0.05) is 25.7 Å². The van der Waals surface area contributed by atoms with E-state index >= 15 is 4.39 Å². The molecule has 1 atom stereocenters. The quantitative estimate of drug-likeness (QED) is 0.292. The highest BCUT2D eigenvalue weighted by atomic mass is 35.5. The highest BCUT2D eigenvalue weighted by Gasteiger charge is 2.36. The number of ether oxygens (including phenoxy) is 2. The summed E-state index contributed by atoms with van der Waals surface area (Å²) in [5.41, 5.74) is -4.77. The fourth-order valence-electron chi connectivity index (χ4n) is 4.28. The van der Waals surface area contributed by atoms with E-state index in [0.717, 1.165) is 25.7 Å². The van der Waals surface area contributed by atoms with Crippen molar-refractivity contribution in [1.82, 2.24) is 19.1 Å². The van der Waals surface area contributed by atoms with Crippen LogP contribution in [0.5, 0.6) is 0 Å². The lowest BCUT2D eigenvalue weighted by molar-refractivity contribution is 0.0246. The van der Waals surface area contributed by atoms with E-state index in [0.29, 0.717) is 25.8 Å². The van der Waals surface area contributed by atoms with Crippen LogP contribution in [0.4, 0.5) is 18.4 Å². The molecule has 1 aliphatic heterocycles. The van der Waals surface area contributed by atoms with Crippen LogP contribution < -0.4 is 19.3 Å². The number of carbonyl (C=O) groups excluding carboxylic acids is 2. The molecule has 1 heterocycles. The Hall–Kier alpha value is -1.53. The maximum absolute atomic E-state index is 15.1. The van der Waals surface area contributed by atoms with E-state index in [1.165, 1.54) is 4.90 Å². The molecule has 13 nitrogen and oxygen atoms in total. The zero-order valence-corrected chi connectivity index (χ0v) is 28.4. The molecule has 43 heavy (non-hydrogen) atoms. The first-order valence-corrected chi connectivity index (χ1v) is 17.1. The second kappa shape index (κ2) is 16.7. The molecule has 1 unspecified atom stereocenters. The lowest BCUT2D eigenvalue weighted by Gasteiger charge is -2.27. The number of likely N-dealkylation sites (tertiary alicyclic amines) is 1. The van der Waals surface area contributed by atoms with Crippen LogP contribution in [0, 0.1) is 0 Å². The fourth-order valence-corrected chi connectivity index (χ4v) is 5.52. The molecule has 0 spiro atoms. The summed E-state index contributed by atoms with van der Waals surface area (Å²) >= 11 is 0. The second-order valence-corrected chi connectivity index (χ2v) is 15.7. The Morgan fingerprint density at radius 3 is 1.72 bits per heavy atom. The predicted molar refractivity (Wildman–Crippen MR) is 162 cm³/mol. The van der Waals surface area contributed by atoms with Crippen LogP contribution in [0.2, 0.25) is 0 Å². The summed E-state index contributed by atoms with van der Waals surface area (Å²) in [6.45, 7) is 9.72. The fraction of sp³-hybridized carbons (Fsp3) is 0.920. The maximum atomic E-state index is 15.1. The number of rotatable bonds is 7. The van der Waals surface area contributed by atoms with Gasteiger partial charge < -0.3 is 14.4 Å². The van der Waals surface area contributed by atoms with Gasteiger partial charge in [-0.05, 0) is 67.2 Å². The Balaban J connectivity index is 0.000000987. The monoisotopic (exact) mass is 685 g/mol. The minimum Gasteiger partial charge on any atom is -0.444 e. The summed E-state index contributed by atoms with van der Waals surface area (Å²) < 4.78 is 90.1. The van der Waals surface area contributed by atoms with Gasteiger partial charge in [0.2, 0.25) is 0 Å². The van der Waals surface area contributed by atoms with Gasteiger partial charge in [-0.15, -0.1) is 12.4 Å². The molecular weight excluding hydrogens is 636 g/mol. The van der Waals surface area contributed by atoms with Gasteiger partial charge >= 0.3 is 22.4 Å². The number of hydrogen-bond acceptors (Lipinski definition) is 8. The average molecular weight is 686 g/mol. The van der Waals surface area contributed by atoms with Gasteiger partial charge in [-0.25, -0.2) is 28.2 Å². The summed E-state index contributed by atoms with van der Waals surface area (Å²) in [5, 5.41) is 4.75. The molecule has 0 radical (unpaired) electrons. The number of alkyl halides is 2. The van der Waals surface area contributed by atoms with Crippen molar-refractivity contribution >= 4 is 45.0 Å². The van der Waals surface area contributed by atoms with Crippen LogP contribution in [0.25, 0.3) is 0 Å². The van der Waals surface area contributed by atoms with Crippen molar-refractivity contribution in [3.05, 3.63) is 0 Å². The van der Waals surface area contributed by atoms with Crippen molar-refractivity contribution in [2.24, 2.45) is 5.14 Å². The number of hydrogen-bond donors (Lipinski definition) is 4. The summed E-state index contributed by atoms with van der Waals surface area (Å²) in [5.74, 6) is 0. The van der Waals surface area contributed by atoms with Crippen LogP contribution >= 0.6 is 12.4 Å². The first-order chi connectivity index (χ1) is 18.9. The molecule has 0 bridgehead atoms. The van der Waals surface area contributed by atoms with Crippen LogP contribution in [0.15, 0.2) is 0 Å². The van der Waals surface area contributed by atoms with Crippen molar-refractivity contribution in [2.45, 2.75) is 122 Å². The Morgan fingerprint density at radius 1 is 0.767 bits per heavy atom. The van der Waals surface area contributed by atoms with Gasteiger partial charge in [-0.2, -0.15) is 26.3 Å². The Bertz CT molecular complexity index is 1110. The molecule has 2 rings (SSSR count). The molecule has 0 aromatic heterocycles. The number of carbonyl (C=O) groups is 2. The Labute approximate surface area is 261 Å². The van der Waals surface area contributed by atoms with Crippen LogP contribution in [-0.2, 0) is 29.9 Å². The van der Waals surface area contributed by atoms with Crippen molar-refractivity contribution in [3.63, 3.8) is 0 Å². The molecule has 256 valence electrons. The molecular formula is C25H50ClF2N5O8S2. The molecule has 2 aliphatic rings. The third kappa shape index (κ3) is 19.5. The number of nitrogens with one attached hydrogen (secondary N) is 3. The summed E-state index contributed by atoms with van der Waals surface area (Å²) in [6, 6.07) is 0. The van der Waals surface area contributed by atoms with Crippen LogP contribution in [0.1, 0.15) is 99.3 Å². The topological polar surface area (TPSA) is 186 Å². The Kier molecular flexibility index (Phi) is 16.1. The first-order valence-electron chi connectivity index (χ1n) is 14.1. The SMILES string of the molecule is CC(C)(C)OC(=O)NS(=O)(=O)NCC1(F)CCCN(C(=O)OC(C)(C)C)CC1.Cl.NS(=O)(=O)NCC1(F)CCCCCC1. The van der Waals surface area contributed by atoms with Crippen molar-refractivity contribution in [2.75, 3.05) is 26.2 Å². The van der Waals surface area contributed by atoms with Gasteiger partial charge in [0.25, 0.3) is 10.2 Å². The largest absolute Gasteiger partial charge is 0.444 e. The lowest BCUT2D eigenvalue weighted by Crippen LogP contribution is -2.47. The zero-order valence-electron chi connectivity index (χ0n) is 26.0. The molecule has 2 fully saturated rings. The number of halogens is 3. The molecule has 5 N–H and O–H groups in total. The van der Waals surface area contributed by atoms with Crippen molar-refractivity contribution < 1.29 is 44.7 Å². The number of nitrogens with zero attached hydrogens (tertiary/aromatic N) is 1. The van der Waals surface area contributed by atoms with Crippen molar-refractivity contribution in [3.8, 4) is 0 Å². The second-order valence-electron chi connectivity index (χ2n) is 12.8. The highest BCUT2D eigenvalue weighted by Crippen LogP contribution is 2.30. The van der Waals surface area contributed by atoms with Gasteiger partial charge in [-0.3, -0.25) is 0 Å². The first kappa shape index (κ1) is 41.5. The third-order valence-corrected chi connectivity index (χ3v) is 7.83. The molecule has 2 amide bonds. The normalized spacial score (nSPS) is 21.6. The third-order valence-electron chi connectivity index (χ3n) is 6.32. The van der Waals surface area contributed by atoms with E-state index in [1.54, 1.807) is 46.3 Å². The molecule has 1 aliphatic carbocycles. The van der Waals surface area contributed by atoms with E-state index in [2.05, 4.69) is 0 Å². The smallest absolute Gasteiger partial charge is 0.422 e. The van der Waals surface area contributed by atoms with E-state index in [4.69, 9.17) is 14.6 Å². The summed E-state index contributed by atoms with van der Waals surface area (Å²) in [6.07, 6.45) is 3.26. The van der Waals surface area contributed by atoms with E-state index in [9.17, 15) is 30.8 Å². The standard InChI is InChI=1S/C17H32FN3O6S.C8H17FN2O2S.ClH/c1-15(2,3)26-13(22)20-28(24,25)19-12-17(18)8-7-10-21(11-9-17)14(23)27-16(4,5)6;9-8(7-11-14(10,12)13)5-3-1-2-4-6-8;/h19H,7-12H2,1-6H3,(H,20,22);11H,1-7H2,(H2,10,12,13);1H. The molecule has 1 saturated carbocycles. The summed E-state index contributed by atoms with van der Waals surface area (Å²) in [7, 11) is -8.04. The van der Waals surface area contributed by atoms with Crippen molar-refractivity contribution in [1.29, 1.82) is 0 Å². The van der Waals surface area contributed by atoms with Gasteiger partial charge in [0.05, 0.1) is 0 Å². The van der Waals surface area contributed by atoms with Crippen LogP contribution in [0.3, 0.4) is 0 Å². The predicted octanol–water partition coefficient (Wildman–Crippen LogP) is 3.74.